The normalized spacial score (nSPS) is 27.1. The van der Waals surface area contributed by atoms with Crippen LogP contribution >= 0.6 is 0 Å². The van der Waals surface area contributed by atoms with Crippen molar-refractivity contribution in [1.29, 1.82) is 0 Å². The SMILES string of the molecule is O=[N+]([O-])c1ccc(OC2(Oc3ccc([N+](=O)[O-])c(O)c3)[C@@H]3CC4C[C@H]2CN(C4)C3)cc1O. The minimum Gasteiger partial charge on any atom is -0.502 e. The molecule has 0 amide bonds. The molecule has 0 aromatic heterocycles. The van der Waals surface area contributed by atoms with E-state index in [-0.39, 0.29) is 23.3 Å². The number of aromatic hydroxyl groups is 2. The summed E-state index contributed by atoms with van der Waals surface area (Å²) >= 11 is 0. The summed E-state index contributed by atoms with van der Waals surface area (Å²) < 4.78 is 12.7. The number of hydrogen-bond acceptors (Lipinski definition) is 9. The van der Waals surface area contributed by atoms with Gasteiger partial charge in [-0.05, 0) is 30.9 Å². The fourth-order valence-corrected chi connectivity index (χ4v) is 5.49. The van der Waals surface area contributed by atoms with Crippen LogP contribution in [0.2, 0.25) is 0 Å². The molecule has 3 heterocycles. The van der Waals surface area contributed by atoms with Gasteiger partial charge in [-0.15, -0.1) is 0 Å². The number of rotatable bonds is 6. The van der Waals surface area contributed by atoms with E-state index < -0.39 is 38.5 Å². The Kier molecular flexibility index (Phi) is 4.59. The van der Waals surface area contributed by atoms with Crippen molar-refractivity contribution in [3.05, 3.63) is 56.6 Å². The molecule has 32 heavy (non-hydrogen) atoms. The summed E-state index contributed by atoms with van der Waals surface area (Å²) in [6.07, 6.45) is 1.73. The van der Waals surface area contributed by atoms with E-state index >= 15 is 0 Å². The number of nitrogens with zero attached hydrogens (tertiary/aromatic N) is 3. The number of phenolic OH excluding ortho intramolecular Hbond substituents is 2. The van der Waals surface area contributed by atoms with Gasteiger partial charge in [0.2, 0.25) is 0 Å². The minimum absolute atomic E-state index is 0.0246. The second kappa shape index (κ2) is 7.23. The molecule has 4 aliphatic rings. The summed E-state index contributed by atoms with van der Waals surface area (Å²) in [4.78, 5) is 23.1. The first kappa shape index (κ1) is 20.3. The summed E-state index contributed by atoms with van der Waals surface area (Å²) in [6.45, 7) is 2.51. The zero-order valence-electron chi connectivity index (χ0n) is 16.9. The lowest BCUT2D eigenvalue weighted by Gasteiger charge is -2.60. The Bertz CT molecular complexity index is 1010. The highest BCUT2D eigenvalue weighted by atomic mass is 16.7. The molecule has 168 valence electrons. The van der Waals surface area contributed by atoms with Crippen molar-refractivity contribution >= 4 is 11.4 Å². The molecule has 2 aromatic rings. The van der Waals surface area contributed by atoms with Gasteiger partial charge in [0, 0.05) is 55.7 Å². The fourth-order valence-electron chi connectivity index (χ4n) is 5.49. The summed E-state index contributed by atoms with van der Waals surface area (Å²) in [5, 5.41) is 42.2. The monoisotopic (exact) mass is 443 g/mol. The van der Waals surface area contributed by atoms with Crippen molar-refractivity contribution in [2.75, 3.05) is 19.6 Å². The second-order valence-corrected chi connectivity index (χ2v) is 8.69. The highest BCUT2D eigenvalue weighted by Crippen LogP contribution is 2.52. The molecule has 0 radical (unpaired) electrons. The van der Waals surface area contributed by atoms with E-state index in [1.807, 2.05) is 0 Å². The van der Waals surface area contributed by atoms with Crippen molar-refractivity contribution in [3.8, 4) is 23.0 Å². The molecule has 6 rings (SSSR count). The summed E-state index contributed by atoms with van der Waals surface area (Å²) in [5.74, 6) is -1.25. The molecule has 3 aliphatic heterocycles. The lowest BCUT2D eigenvalue weighted by atomic mass is 9.64. The van der Waals surface area contributed by atoms with Crippen LogP contribution in [-0.4, -0.2) is 50.4 Å². The van der Waals surface area contributed by atoms with Crippen molar-refractivity contribution in [2.24, 2.45) is 17.8 Å². The van der Waals surface area contributed by atoms with Gasteiger partial charge in [-0.25, -0.2) is 0 Å². The number of nitro groups is 2. The highest BCUT2D eigenvalue weighted by molar-refractivity contribution is 5.51. The molecular formula is C21H21N3O8. The molecule has 2 aromatic carbocycles. The number of nitro benzene ring substituents is 2. The number of ether oxygens (including phenoxy) is 2. The molecule has 11 heteroatoms. The van der Waals surface area contributed by atoms with E-state index in [4.69, 9.17) is 9.47 Å². The maximum Gasteiger partial charge on any atom is 0.310 e. The topological polar surface area (TPSA) is 148 Å². The average Bonchev–Trinajstić information content (AvgIpc) is 2.71. The Hall–Kier alpha value is -3.60. The standard InChI is InChI=1S/C21H21N3O8/c25-19-7-15(1-3-17(19)23(27)28)31-21(13-5-12-6-14(21)11-22(9-12)10-13)32-16-2-4-18(24(29)30)20(26)8-16/h1-4,7-8,12-14,25-26H,5-6,9-11H2/t12?,13-,14+. The van der Waals surface area contributed by atoms with E-state index in [0.29, 0.717) is 5.92 Å². The van der Waals surface area contributed by atoms with Crippen molar-refractivity contribution in [2.45, 2.75) is 18.6 Å². The van der Waals surface area contributed by atoms with Gasteiger partial charge in [0.05, 0.1) is 9.85 Å². The van der Waals surface area contributed by atoms with Gasteiger partial charge in [-0.2, -0.15) is 0 Å². The summed E-state index contributed by atoms with van der Waals surface area (Å²) in [7, 11) is 0. The van der Waals surface area contributed by atoms with E-state index in [2.05, 4.69) is 4.90 Å². The highest BCUT2D eigenvalue weighted by Gasteiger charge is 2.61. The zero-order chi connectivity index (χ0) is 22.6. The quantitative estimate of drug-likeness (QED) is 0.390. The van der Waals surface area contributed by atoms with Crippen LogP contribution in [0.15, 0.2) is 36.4 Å². The smallest absolute Gasteiger partial charge is 0.310 e. The predicted octanol–water partition coefficient (Wildman–Crippen LogP) is 3.04. The van der Waals surface area contributed by atoms with Gasteiger partial charge in [-0.3, -0.25) is 20.2 Å². The summed E-state index contributed by atoms with van der Waals surface area (Å²) in [6, 6.07) is 7.58. The molecule has 2 N–H and O–H groups in total. The van der Waals surface area contributed by atoms with Crippen LogP contribution in [-0.2, 0) is 0 Å². The van der Waals surface area contributed by atoms with E-state index in [0.717, 1.165) is 32.5 Å². The molecule has 4 bridgehead atoms. The Morgan fingerprint density at radius 2 is 1.31 bits per heavy atom. The van der Waals surface area contributed by atoms with E-state index in [1.54, 1.807) is 0 Å². The first-order valence-corrected chi connectivity index (χ1v) is 10.3. The van der Waals surface area contributed by atoms with Crippen molar-refractivity contribution < 1.29 is 29.5 Å². The van der Waals surface area contributed by atoms with Gasteiger partial charge in [0.15, 0.2) is 11.5 Å². The molecule has 4 fully saturated rings. The molecule has 1 saturated carbocycles. The molecule has 2 unspecified atom stereocenters. The first-order valence-electron chi connectivity index (χ1n) is 10.3. The van der Waals surface area contributed by atoms with Crippen LogP contribution in [0.1, 0.15) is 12.8 Å². The van der Waals surface area contributed by atoms with Gasteiger partial charge in [-0.1, -0.05) is 0 Å². The van der Waals surface area contributed by atoms with Gasteiger partial charge in [0.25, 0.3) is 5.79 Å². The van der Waals surface area contributed by atoms with Gasteiger partial charge in [0.1, 0.15) is 11.5 Å². The molecule has 4 atom stereocenters. The maximum atomic E-state index is 11.0. The lowest BCUT2D eigenvalue weighted by Crippen LogP contribution is -2.71. The first-order chi connectivity index (χ1) is 15.2. The lowest BCUT2D eigenvalue weighted by molar-refractivity contribution is -0.386. The zero-order valence-corrected chi connectivity index (χ0v) is 16.9. The van der Waals surface area contributed by atoms with E-state index in [1.165, 1.54) is 36.4 Å². The van der Waals surface area contributed by atoms with Crippen LogP contribution in [0.3, 0.4) is 0 Å². The Labute approximate surface area is 182 Å². The van der Waals surface area contributed by atoms with Crippen LogP contribution in [0.5, 0.6) is 23.0 Å². The molecule has 11 nitrogen and oxygen atoms in total. The Morgan fingerprint density at radius 3 is 1.69 bits per heavy atom. The maximum absolute atomic E-state index is 11.0. The Balaban J connectivity index is 1.52. The predicted molar refractivity (Wildman–Crippen MR) is 110 cm³/mol. The van der Waals surface area contributed by atoms with Crippen molar-refractivity contribution in [1.82, 2.24) is 4.90 Å². The second-order valence-electron chi connectivity index (χ2n) is 8.69. The summed E-state index contributed by atoms with van der Waals surface area (Å²) in [5.41, 5.74) is -0.854. The number of hydrogen-bond donors (Lipinski definition) is 2. The number of phenols is 2. The van der Waals surface area contributed by atoms with Crippen LogP contribution < -0.4 is 9.47 Å². The molecule has 0 spiro atoms. The van der Waals surface area contributed by atoms with Crippen LogP contribution in [0, 0.1) is 38.0 Å². The third kappa shape index (κ3) is 3.25. The van der Waals surface area contributed by atoms with Gasteiger partial charge >= 0.3 is 11.4 Å². The van der Waals surface area contributed by atoms with Crippen LogP contribution in [0.4, 0.5) is 11.4 Å². The number of benzene rings is 2. The number of piperidine rings is 3. The van der Waals surface area contributed by atoms with Gasteiger partial charge < -0.3 is 24.6 Å². The van der Waals surface area contributed by atoms with Crippen molar-refractivity contribution in [3.63, 3.8) is 0 Å². The fraction of sp³-hybridized carbons (Fsp3) is 0.429. The van der Waals surface area contributed by atoms with Crippen LogP contribution in [0.25, 0.3) is 0 Å². The molecular weight excluding hydrogens is 422 g/mol. The Morgan fingerprint density at radius 1 is 0.844 bits per heavy atom. The third-order valence-electron chi connectivity index (χ3n) is 6.69. The largest absolute Gasteiger partial charge is 0.502 e. The average molecular weight is 443 g/mol. The molecule has 3 saturated heterocycles. The molecule has 1 aliphatic carbocycles. The third-order valence-corrected chi connectivity index (χ3v) is 6.69. The minimum atomic E-state index is -1.14. The van der Waals surface area contributed by atoms with E-state index in [9.17, 15) is 30.4 Å².